The van der Waals surface area contributed by atoms with Crippen molar-refractivity contribution in [3.8, 4) is 17.1 Å². The Bertz CT molecular complexity index is 1530. The highest BCUT2D eigenvalue weighted by Crippen LogP contribution is 2.25. The van der Waals surface area contributed by atoms with Crippen LogP contribution >= 0.6 is 15.9 Å². The van der Waals surface area contributed by atoms with Gasteiger partial charge in [0.1, 0.15) is 22.9 Å². The van der Waals surface area contributed by atoms with Gasteiger partial charge in [0.2, 0.25) is 11.1 Å². The van der Waals surface area contributed by atoms with Crippen LogP contribution in [0.15, 0.2) is 83.8 Å². The summed E-state index contributed by atoms with van der Waals surface area (Å²) in [6.07, 6.45) is 1.53. The van der Waals surface area contributed by atoms with E-state index in [1.807, 2.05) is 24.3 Å². The van der Waals surface area contributed by atoms with E-state index in [0.29, 0.717) is 28.5 Å². The fraction of sp³-hybridized carbons (Fsp3) is 0.0870. The van der Waals surface area contributed by atoms with E-state index in [1.165, 1.54) is 17.9 Å². The molecule has 8 heteroatoms. The molecule has 0 aliphatic heterocycles. The quantitative estimate of drug-likeness (QED) is 0.351. The van der Waals surface area contributed by atoms with Gasteiger partial charge < -0.3 is 13.6 Å². The number of halogens is 1. The summed E-state index contributed by atoms with van der Waals surface area (Å²) in [5, 5.41) is 0.179. The summed E-state index contributed by atoms with van der Waals surface area (Å²) >= 11 is 3.41. The van der Waals surface area contributed by atoms with Crippen LogP contribution in [0.3, 0.4) is 0 Å². The van der Waals surface area contributed by atoms with Gasteiger partial charge in [0.05, 0.1) is 25.3 Å². The van der Waals surface area contributed by atoms with Gasteiger partial charge in [0, 0.05) is 16.1 Å². The van der Waals surface area contributed by atoms with Crippen LogP contribution < -0.4 is 15.7 Å². The molecule has 0 radical (unpaired) electrons. The van der Waals surface area contributed by atoms with E-state index in [1.54, 1.807) is 30.3 Å². The van der Waals surface area contributed by atoms with Crippen LogP contribution in [0, 0.1) is 0 Å². The predicted octanol–water partition coefficient (Wildman–Crippen LogP) is 4.58. The number of rotatable bonds is 4. The standard InChI is InChI=1S/C23H15BrN2O5/c1-29-15-8-9-17-18(11-15)31-22-19(20(17)27)23(28)26(12-16-3-2-10-30-16)21(25-22)13-4-6-14(24)7-5-13/h2-11H,12H2,1H3. The van der Waals surface area contributed by atoms with E-state index in [9.17, 15) is 9.59 Å². The third-order valence-electron chi connectivity index (χ3n) is 5.00. The van der Waals surface area contributed by atoms with Gasteiger partial charge in [-0.15, -0.1) is 0 Å². The highest BCUT2D eigenvalue weighted by molar-refractivity contribution is 9.10. The molecule has 31 heavy (non-hydrogen) atoms. The first-order valence-corrected chi connectivity index (χ1v) is 10.2. The summed E-state index contributed by atoms with van der Waals surface area (Å²) in [7, 11) is 1.53. The molecular weight excluding hydrogens is 464 g/mol. The number of nitrogens with zero attached hydrogens (tertiary/aromatic N) is 2. The van der Waals surface area contributed by atoms with E-state index in [0.717, 1.165) is 4.47 Å². The number of hydrogen-bond donors (Lipinski definition) is 0. The number of fused-ring (bicyclic) bond motifs is 2. The highest BCUT2D eigenvalue weighted by atomic mass is 79.9. The molecule has 0 atom stereocenters. The van der Waals surface area contributed by atoms with E-state index >= 15 is 0 Å². The molecule has 7 nitrogen and oxygen atoms in total. The van der Waals surface area contributed by atoms with Crippen molar-refractivity contribution in [1.82, 2.24) is 9.55 Å². The van der Waals surface area contributed by atoms with E-state index < -0.39 is 11.0 Å². The van der Waals surface area contributed by atoms with Crippen LogP contribution in [0.1, 0.15) is 5.76 Å². The van der Waals surface area contributed by atoms with Crippen LogP contribution in [-0.4, -0.2) is 16.7 Å². The molecule has 0 spiro atoms. The van der Waals surface area contributed by atoms with Gasteiger partial charge in [-0.1, -0.05) is 28.1 Å². The number of benzene rings is 2. The molecule has 0 saturated heterocycles. The lowest BCUT2D eigenvalue weighted by atomic mass is 10.1. The highest BCUT2D eigenvalue weighted by Gasteiger charge is 2.20. The monoisotopic (exact) mass is 478 g/mol. The average Bonchev–Trinajstić information content (AvgIpc) is 3.29. The second kappa shape index (κ2) is 7.55. The minimum Gasteiger partial charge on any atom is -0.497 e. The van der Waals surface area contributed by atoms with Gasteiger partial charge in [0.25, 0.3) is 5.56 Å². The first-order chi connectivity index (χ1) is 15.0. The summed E-state index contributed by atoms with van der Waals surface area (Å²) in [5.74, 6) is 1.47. The lowest BCUT2D eigenvalue weighted by Crippen LogP contribution is -2.28. The molecule has 0 aliphatic carbocycles. The maximum atomic E-state index is 13.5. The van der Waals surface area contributed by atoms with E-state index in [2.05, 4.69) is 20.9 Å². The maximum Gasteiger partial charge on any atom is 0.269 e. The second-order valence-electron chi connectivity index (χ2n) is 6.89. The van der Waals surface area contributed by atoms with Crippen molar-refractivity contribution in [3.63, 3.8) is 0 Å². The largest absolute Gasteiger partial charge is 0.497 e. The fourth-order valence-electron chi connectivity index (χ4n) is 3.47. The molecule has 3 aromatic heterocycles. The Morgan fingerprint density at radius 1 is 1.10 bits per heavy atom. The summed E-state index contributed by atoms with van der Waals surface area (Å²) < 4.78 is 18.9. The second-order valence-corrected chi connectivity index (χ2v) is 7.80. The molecule has 2 aromatic carbocycles. The third-order valence-corrected chi connectivity index (χ3v) is 5.53. The number of methoxy groups -OCH3 is 1. The van der Waals surface area contributed by atoms with Crippen LogP contribution in [0.5, 0.6) is 5.75 Å². The van der Waals surface area contributed by atoms with Crippen molar-refractivity contribution >= 4 is 38.0 Å². The molecule has 0 bridgehead atoms. The zero-order valence-electron chi connectivity index (χ0n) is 16.3. The minimum atomic E-state index is -0.495. The molecule has 0 aliphatic rings. The Morgan fingerprint density at radius 3 is 2.61 bits per heavy atom. The SMILES string of the molecule is COc1ccc2c(=O)c3c(=O)n(Cc4ccco4)c(-c4ccc(Br)cc4)nc3oc2c1. The average molecular weight is 479 g/mol. The predicted molar refractivity (Wildman–Crippen MR) is 120 cm³/mol. The van der Waals surface area contributed by atoms with Crippen LogP contribution in [0.2, 0.25) is 0 Å². The Morgan fingerprint density at radius 2 is 1.90 bits per heavy atom. The molecule has 0 N–H and O–H groups in total. The van der Waals surface area contributed by atoms with Crippen molar-refractivity contribution in [2.24, 2.45) is 0 Å². The van der Waals surface area contributed by atoms with Crippen molar-refractivity contribution < 1.29 is 13.6 Å². The molecular formula is C23H15BrN2O5. The van der Waals surface area contributed by atoms with Crippen LogP contribution in [0.4, 0.5) is 0 Å². The van der Waals surface area contributed by atoms with Gasteiger partial charge in [-0.3, -0.25) is 14.2 Å². The maximum absolute atomic E-state index is 13.5. The van der Waals surface area contributed by atoms with E-state index in [4.69, 9.17) is 13.6 Å². The Hall–Kier alpha value is -3.65. The lowest BCUT2D eigenvalue weighted by Gasteiger charge is -2.13. The third kappa shape index (κ3) is 3.34. The van der Waals surface area contributed by atoms with Gasteiger partial charge in [-0.05, 0) is 36.4 Å². The zero-order valence-corrected chi connectivity index (χ0v) is 17.9. The normalized spacial score (nSPS) is 11.3. The molecule has 154 valence electrons. The minimum absolute atomic E-state index is 0.0237. The molecule has 0 saturated carbocycles. The Kier molecular flexibility index (Phi) is 4.71. The molecule has 5 rings (SSSR count). The smallest absolute Gasteiger partial charge is 0.269 e. The molecule has 0 fully saturated rings. The first-order valence-electron chi connectivity index (χ1n) is 9.39. The number of aromatic nitrogens is 2. The van der Waals surface area contributed by atoms with Crippen LogP contribution in [0.25, 0.3) is 33.5 Å². The van der Waals surface area contributed by atoms with Crippen molar-refractivity contribution in [2.45, 2.75) is 6.54 Å². The topological polar surface area (TPSA) is 87.5 Å². The van der Waals surface area contributed by atoms with E-state index in [-0.39, 0.29) is 23.0 Å². The number of furan rings is 1. The fourth-order valence-corrected chi connectivity index (χ4v) is 3.73. The lowest BCUT2D eigenvalue weighted by molar-refractivity contribution is 0.414. The molecule has 3 heterocycles. The van der Waals surface area contributed by atoms with Crippen molar-refractivity contribution in [2.75, 3.05) is 7.11 Å². The van der Waals surface area contributed by atoms with Crippen molar-refractivity contribution in [3.05, 3.63) is 91.7 Å². The van der Waals surface area contributed by atoms with Gasteiger partial charge >= 0.3 is 0 Å². The summed E-state index contributed by atoms with van der Waals surface area (Å²) in [4.78, 5) is 31.2. The van der Waals surface area contributed by atoms with Crippen molar-refractivity contribution in [1.29, 1.82) is 0 Å². The number of hydrogen-bond acceptors (Lipinski definition) is 6. The number of ether oxygens (including phenoxy) is 1. The Labute approximate surface area is 183 Å². The van der Waals surface area contributed by atoms with Gasteiger partial charge in [-0.25, -0.2) is 0 Å². The van der Waals surface area contributed by atoms with Gasteiger partial charge in [0.15, 0.2) is 5.39 Å². The molecule has 0 amide bonds. The summed E-state index contributed by atoms with van der Waals surface area (Å²) in [5.41, 5.74) is 0.0403. The summed E-state index contributed by atoms with van der Waals surface area (Å²) in [6, 6.07) is 15.7. The Balaban J connectivity index is 1.86. The zero-order chi connectivity index (χ0) is 21.5. The first kappa shape index (κ1) is 19.3. The van der Waals surface area contributed by atoms with Gasteiger partial charge in [-0.2, -0.15) is 4.98 Å². The summed E-state index contributed by atoms with van der Waals surface area (Å²) in [6.45, 7) is 0.125. The molecule has 0 unspecified atom stereocenters. The molecule has 5 aromatic rings. The van der Waals surface area contributed by atoms with Crippen LogP contribution in [-0.2, 0) is 6.54 Å².